The van der Waals surface area contributed by atoms with Crippen molar-refractivity contribution >= 4 is 0 Å². The van der Waals surface area contributed by atoms with Gasteiger partial charge in [-0.1, -0.05) is 154 Å². The highest BCUT2D eigenvalue weighted by atomic mass is 16.5. The van der Waals surface area contributed by atoms with Crippen molar-refractivity contribution in [3.05, 3.63) is 24.3 Å². The Balaban J connectivity index is 4.42. The summed E-state index contributed by atoms with van der Waals surface area (Å²) in [5.74, 6) is 0. The number of aliphatic hydroxyl groups excluding tert-OH is 2. The van der Waals surface area contributed by atoms with E-state index in [1.807, 2.05) is 0 Å². The first-order chi connectivity index (χ1) is 20.3. The topological polar surface area (TPSA) is 49.7 Å². The molecule has 41 heavy (non-hydrogen) atoms. The van der Waals surface area contributed by atoms with Gasteiger partial charge < -0.3 is 14.9 Å². The van der Waals surface area contributed by atoms with Crippen LogP contribution in [-0.2, 0) is 4.74 Å². The van der Waals surface area contributed by atoms with Crippen LogP contribution in [0.3, 0.4) is 0 Å². The highest BCUT2D eigenvalue weighted by molar-refractivity contribution is 4.81. The van der Waals surface area contributed by atoms with Crippen LogP contribution < -0.4 is 0 Å². The number of aliphatic hydroxyl groups is 2. The van der Waals surface area contributed by atoms with Crippen LogP contribution in [0.25, 0.3) is 0 Å². The Morgan fingerprint density at radius 2 is 0.683 bits per heavy atom. The van der Waals surface area contributed by atoms with Gasteiger partial charge in [0.25, 0.3) is 0 Å². The third kappa shape index (κ3) is 32.1. The summed E-state index contributed by atoms with van der Waals surface area (Å²) in [5.41, 5.74) is 0. The molecular formula is C38H74O3. The van der Waals surface area contributed by atoms with Crippen LogP contribution in [0.2, 0.25) is 0 Å². The highest BCUT2D eigenvalue weighted by Crippen LogP contribution is 2.23. The van der Waals surface area contributed by atoms with Crippen molar-refractivity contribution in [2.24, 2.45) is 0 Å². The van der Waals surface area contributed by atoms with Crippen molar-refractivity contribution in [1.29, 1.82) is 0 Å². The molecule has 244 valence electrons. The van der Waals surface area contributed by atoms with Crippen molar-refractivity contribution in [3.63, 3.8) is 0 Å². The first-order valence-electron chi connectivity index (χ1n) is 18.5. The Kier molecular flexibility index (Phi) is 35.0. The molecule has 0 aliphatic heterocycles. The van der Waals surface area contributed by atoms with Crippen LogP contribution in [-0.4, -0.2) is 35.6 Å². The van der Waals surface area contributed by atoms with Crippen LogP contribution >= 0.6 is 0 Å². The predicted octanol–water partition coefficient (Wildman–Crippen LogP) is 11.8. The Hall–Kier alpha value is -0.640. The van der Waals surface area contributed by atoms with E-state index < -0.39 is 0 Å². The van der Waals surface area contributed by atoms with Crippen LogP contribution in [0.5, 0.6) is 0 Å². The Bertz CT molecular complexity index is 484. The third-order valence-corrected chi connectivity index (χ3v) is 8.36. The van der Waals surface area contributed by atoms with Crippen LogP contribution in [0.1, 0.15) is 194 Å². The summed E-state index contributed by atoms with van der Waals surface area (Å²) >= 11 is 0. The smallest absolute Gasteiger partial charge is 0.0578 e. The molecule has 2 atom stereocenters. The molecule has 0 saturated heterocycles. The van der Waals surface area contributed by atoms with E-state index in [0.717, 1.165) is 25.7 Å². The van der Waals surface area contributed by atoms with Gasteiger partial charge in [-0.05, 0) is 64.2 Å². The van der Waals surface area contributed by atoms with E-state index in [1.54, 1.807) is 0 Å². The van der Waals surface area contributed by atoms with E-state index in [9.17, 15) is 0 Å². The van der Waals surface area contributed by atoms with Gasteiger partial charge in [0.1, 0.15) is 0 Å². The fraction of sp³-hybridized carbons (Fsp3) is 0.895. The van der Waals surface area contributed by atoms with Crippen LogP contribution in [0.15, 0.2) is 24.3 Å². The quantitative estimate of drug-likeness (QED) is 0.0589. The normalized spacial score (nSPS) is 13.6. The predicted molar refractivity (Wildman–Crippen MR) is 182 cm³/mol. The number of allylic oxidation sites excluding steroid dienone is 2. The minimum absolute atomic E-state index is 0.270. The van der Waals surface area contributed by atoms with Gasteiger partial charge in [0, 0.05) is 13.2 Å². The molecule has 0 aromatic carbocycles. The number of rotatable bonds is 34. The van der Waals surface area contributed by atoms with E-state index in [1.165, 1.54) is 154 Å². The summed E-state index contributed by atoms with van der Waals surface area (Å²) in [6, 6.07) is 0. The van der Waals surface area contributed by atoms with E-state index in [0.29, 0.717) is 12.2 Å². The standard InChI is InChI=1S/C38H74O3/c1-3-5-7-25-31-37(33-27-21-17-13-9-11-15-19-23-29-35-39)41-38(32-26-8-6-4-2)34-28-22-18-14-10-12-16-20-24-30-36-40/h19-20,23-24,37-40H,3-18,21-22,25-36H2,1-2H3. The second-order valence-corrected chi connectivity index (χ2v) is 12.4. The van der Waals surface area contributed by atoms with Gasteiger partial charge in [0.05, 0.1) is 12.2 Å². The molecule has 0 aliphatic carbocycles. The minimum atomic E-state index is 0.270. The largest absolute Gasteiger partial charge is 0.396 e. The Morgan fingerprint density at radius 3 is 1.02 bits per heavy atom. The number of hydrogen-bond acceptors (Lipinski definition) is 3. The fourth-order valence-corrected chi connectivity index (χ4v) is 5.73. The van der Waals surface area contributed by atoms with Crippen molar-refractivity contribution in [3.8, 4) is 0 Å². The zero-order valence-electron chi connectivity index (χ0n) is 28.0. The van der Waals surface area contributed by atoms with Gasteiger partial charge >= 0.3 is 0 Å². The summed E-state index contributed by atoms with van der Waals surface area (Å²) in [6.07, 6.45) is 45.4. The molecule has 2 N–H and O–H groups in total. The molecule has 0 aromatic rings. The molecule has 3 nitrogen and oxygen atoms in total. The fourth-order valence-electron chi connectivity index (χ4n) is 5.73. The van der Waals surface area contributed by atoms with E-state index in [2.05, 4.69) is 38.2 Å². The lowest BCUT2D eigenvalue weighted by atomic mass is 9.99. The second kappa shape index (κ2) is 35.6. The molecule has 3 heteroatoms. The van der Waals surface area contributed by atoms with Gasteiger partial charge in [-0.2, -0.15) is 0 Å². The highest BCUT2D eigenvalue weighted by Gasteiger charge is 2.16. The Labute approximate surface area is 258 Å². The van der Waals surface area contributed by atoms with Gasteiger partial charge in [0.2, 0.25) is 0 Å². The van der Waals surface area contributed by atoms with E-state index in [4.69, 9.17) is 14.9 Å². The molecule has 0 spiro atoms. The molecule has 0 heterocycles. The molecule has 0 amide bonds. The summed E-state index contributed by atoms with van der Waals surface area (Å²) in [6.45, 7) is 5.15. The summed E-state index contributed by atoms with van der Waals surface area (Å²) in [7, 11) is 0. The number of unbranched alkanes of at least 4 members (excludes halogenated alkanes) is 18. The summed E-state index contributed by atoms with van der Waals surface area (Å²) in [4.78, 5) is 0. The maximum Gasteiger partial charge on any atom is 0.0578 e. The lowest BCUT2D eigenvalue weighted by Crippen LogP contribution is -2.23. The zero-order valence-corrected chi connectivity index (χ0v) is 28.0. The Morgan fingerprint density at radius 1 is 0.390 bits per heavy atom. The van der Waals surface area contributed by atoms with Gasteiger partial charge in [-0.25, -0.2) is 0 Å². The van der Waals surface area contributed by atoms with E-state index >= 15 is 0 Å². The molecule has 0 fully saturated rings. The third-order valence-electron chi connectivity index (χ3n) is 8.36. The molecule has 0 rings (SSSR count). The molecule has 0 radical (unpaired) electrons. The first kappa shape index (κ1) is 40.4. The average Bonchev–Trinajstić information content (AvgIpc) is 2.98. The van der Waals surface area contributed by atoms with Crippen LogP contribution in [0, 0.1) is 0 Å². The molecular weight excluding hydrogens is 504 g/mol. The molecule has 0 aliphatic rings. The first-order valence-corrected chi connectivity index (χ1v) is 18.5. The number of ether oxygens (including phenoxy) is 1. The molecule has 0 saturated carbocycles. The number of hydrogen-bond donors (Lipinski definition) is 2. The van der Waals surface area contributed by atoms with Crippen molar-refractivity contribution in [2.45, 2.75) is 206 Å². The lowest BCUT2D eigenvalue weighted by molar-refractivity contribution is -0.0324. The maximum atomic E-state index is 8.85. The monoisotopic (exact) mass is 579 g/mol. The van der Waals surface area contributed by atoms with Crippen molar-refractivity contribution in [1.82, 2.24) is 0 Å². The van der Waals surface area contributed by atoms with Crippen molar-refractivity contribution < 1.29 is 14.9 Å². The molecule has 0 bridgehead atoms. The van der Waals surface area contributed by atoms with Crippen LogP contribution in [0.4, 0.5) is 0 Å². The van der Waals surface area contributed by atoms with Crippen molar-refractivity contribution in [2.75, 3.05) is 13.2 Å². The maximum absolute atomic E-state index is 8.85. The van der Waals surface area contributed by atoms with E-state index in [-0.39, 0.29) is 13.2 Å². The lowest BCUT2D eigenvalue weighted by Gasteiger charge is -2.26. The molecule has 2 unspecified atom stereocenters. The zero-order chi connectivity index (χ0) is 29.9. The summed E-state index contributed by atoms with van der Waals surface area (Å²) in [5, 5.41) is 17.7. The molecule has 0 aromatic heterocycles. The second-order valence-electron chi connectivity index (χ2n) is 12.4. The minimum Gasteiger partial charge on any atom is -0.396 e. The SMILES string of the molecule is CCCCCCC(CCCCCCCCC=CCCO)OC(CCCCCC)CCCCCCCCC=CCCO. The van der Waals surface area contributed by atoms with Gasteiger partial charge in [-0.15, -0.1) is 0 Å². The summed E-state index contributed by atoms with van der Waals surface area (Å²) < 4.78 is 6.94. The average molecular weight is 579 g/mol. The van der Waals surface area contributed by atoms with Gasteiger partial charge in [-0.3, -0.25) is 0 Å². The van der Waals surface area contributed by atoms with Gasteiger partial charge in [0.15, 0.2) is 0 Å².